The van der Waals surface area contributed by atoms with Crippen molar-refractivity contribution in [1.29, 1.82) is 0 Å². The number of benzene rings is 1. The lowest BCUT2D eigenvalue weighted by Crippen LogP contribution is -2.29. The molecule has 0 saturated heterocycles. The third-order valence-electron chi connectivity index (χ3n) is 2.56. The Morgan fingerprint density at radius 2 is 1.94 bits per heavy atom. The largest absolute Gasteiger partial charge is 0.494 e. The lowest BCUT2D eigenvalue weighted by molar-refractivity contribution is -0.141. The van der Waals surface area contributed by atoms with Crippen molar-refractivity contribution in [3.63, 3.8) is 0 Å². The van der Waals surface area contributed by atoms with E-state index in [1.54, 1.807) is 0 Å². The van der Waals surface area contributed by atoms with E-state index in [2.05, 4.69) is 12.2 Å². The van der Waals surface area contributed by atoms with Gasteiger partial charge in [0.2, 0.25) is 0 Å². The van der Waals surface area contributed by atoms with Gasteiger partial charge in [0, 0.05) is 5.69 Å². The van der Waals surface area contributed by atoms with Crippen LogP contribution < -0.4 is 10.1 Å². The topological polar surface area (TPSA) is 47.6 Å². The molecule has 1 N–H and O–H groups in total. The molecule has 0 aliphatic rings. The van der Waals surface area contributed by atoms with Crippen molar-refractivity contribution in [2.75, 3.05) is 19.0 Å². The normalized spacial score (nSPS) is 11.7. The van der Waals surface area contributed by atoms with Crippen LogP contribution in [0.4, 0.5) is 5.69 Å². The molecule has 4 heteroatoms. The van der Waals surface area contributed by atoms with Crippen molar-refractivity contribution >= 4 is 11.7 Å². The molecule has 100 valence electrons. The van der Waals surface area contributed by atoms with Gasteiger partial charge in [-0.15, -0.1) is 0 Å². The van der Waals surface area contributed by atoms with E-state index in [9.17, 15) is 4.79 Å². The van der Waals surface area contributed by atoms with Crippen molar-refractivity contribution in [3.8, 4) is 5.75 Å². The van der Waals surface area contributed by atoms with Gasteiger partial charge in [0.1, 0.15) is 11.8 Å². The van der Waals surface area contributed by atoms with Gasteiger partial charge in [-0.25, -0.2) is 4.79 Å². The van der Waals surface area contributed by atoms with E-state index < -0.39 is 0 Å². The first kappa shape index (κ1) is 14.4. The Morgan fingerprint density at radius 1 is 1.28 bits per heavy atom. The van der Waals surface area contributed by atoms with Gasteiger partial charge in [0.15, 0.2) is 0 Å². The molecule has 0 heterocycles. The minimum atomic E-state index is -0.308. The van der Waals surface area contributed by atoms with Crippen LogP contribution in [-0.4, -0.2) is 25.7 Å². The molecular formula is C14H21NO3. The van der Waals surface area contributed by atoms with Crippen LogP contribution >= 0.6 is 0 Å². The van der Waals surface area contributed by atoms with Crippen LogP contribution in [0.2, 0.25) is 0 Å². The fraction of sp³-hybridized carbons (Fsp3) is 0.500. The van der Waals surface area contributed by atoms with Crippen LogP contribution in [0.25, 0.3) is 0 Å². The van der Waals surface area contributed by atoms with Crippen molar-refractivity contribution < 1.29 is 14.3 Å². The Labute approximate surface area is 108 Å². The predicted octanol–water partition coefficient (Wildman–Crippen LogP) is 2.84. The number of anilines is 1. The second-order valence-corrected chi connectivity index (χ2v) is 4.00. The minimum absolute atomic E-state index is 0.246. The van der Waals surface area contributed by atoms with E-state index in [1.165, 1.54) is 7.11 Å². The predicted molar refractivity (Wildman–Crippen MR) is 71.9 cm³/mol. The highest BCUT2D eigenvalue weighted by Gasteiger charge is 2.16. The van der Waals surface area contributed by atoms with Crippen LogP contribution in [-0.2, 0) is 9.53 Å². The molecule has 18 heavy (non-hydrogen) atoms. The van der Waals surface area contributed by atoms with Gasteiger partial charge in [-0.3, -0.25) is 0 Å². The summed E-state index contributed by atoms with van der Waals surface area (Å²) in [6.07, 6.45) is 1.67. The SMILES string of the molecule is CCCOc1ccc(NC(CC)C(=O)OC)cc1. The molecule has 1 unspecified atom stereocenters. The van der Waals surface area contributed by atoms with Gasteiger partial charge in [-0.1, -0.05) is 13.8 Å². The maximum Gasteiger partial charge on any atom is 0.328 e. The second kappa shape index (κ2) is 7.58. The summed E-state index contributed by atoms with van der Waals surface area (Å²) < 4.78 is 10.2. The maximum atomic E-state index is 11.4. The summed E-state index contributed by atoms with van der Waals surface area (Å²) in [7, 11) is 1.40. The second-order valence-electron chi connectivity index (χ2n) is 4.00. The lowest BCUT2D eigenvalue weighted by Gasteiger charge is -2.16. The molecule has 0 spiro atoms. The van der Waals surface area contributed by atoms with Crippen LogP contribution in [0.15, 0.2) is 24.3 Å². The number of ether oxygens (including phenoxy) is 2. The van der Waals surface area contributed by atoms with Gasteiger partial charge in [-0.2, -0.15) is 0 Å². The number of rotatable bonds is 7. The summed E-state index contributed by atoms with van der Waals surface area (Å²) >= 11 is 0. The molecule has 0 aromatic heterocycles. The van der Waals surface area contributed by atoms with Gasteiger partial charge in [0.25, 0.3) is 0 Å². The number of esters is 1. The Kier molecular flexibility index (Phi) is 6.05. The molecule has 0 aliphatic heterocycles. The number of carbonyl (C=O) groups excluding carboxylic acids is 1. The summed E-state index contributed by atoms with van der Waals surface area (Å²) in [6, 6.07) is 7.27. The quantitative estimate of drug-likeness (QED) is 0.757. The molecule has 4 nitrogen and oxygen atoms in total. The molecule has 0 amide bonds. The van der Waals surface area contributed by atoms with Gasteiger partial charge in [-0.05, 0) is 37.1 Å². The smallest absolute Gasteiger partial charge is 0.328 e. The van der Waals surface area contributed by atoms with Crippen LogP contribution in [0.1, 0.15) is 26.7 Å². The first-order valence-electron chi connectivity index (χ1n) is 6.28. The van der Waals surface area contributed by atoms with Gasteiger partial charge in [0.05, 0.1) is 13.7 Å². The number of hydrogen-bond donors (Lipinski definition) is 1. The average Bonchev–Trinajstić information content (AvgIpc) is 2.43. The highest BCUT2D eigenvalue weighted by atomic mass is 16.5. The van der Waals surface area contributed by atoms with Crippen molar-refractivity contribution in [2.24, 2.45) is 0 Å². The fourth-order valence-electron chi connectivity index (χ4n) is 1.54. The standard InChI is InChI=1S/C14H21NO3/c1-4-10-18-12-8-6-11(7-9-12)15-13(5-2)14(16)17-3/h6-9,13,15H,4-5,10H2,1-3H3. The zero-order valence-corrected chi connectivity index (χ0v) is 11.2. The van der Waals surface area contributed by atoms with Crippen LogP contribution in [0.5, 0.6) is 5.75 Å². The zero-order chi connectivity index (χ0) is 13.4. The first-order chi connectivity index (χ1) is 8.71. The molecule has 1 rings (SSSR count). The fourth-order valence-corrected chi connectivity index (χ4v) is 1.54. The summed E-state index contributed by atoms with van der Waals surface area (Å²) in [5, 5.41) is 3.13. The van der Waals surface area contributed by atoms with E-state index in [0.717, 1.165) is 17.9 Å². The van der Waals surface area contributed by atoms with E-state index in [0.29, 0.717) is 13.0 Å². The molecular weight excluding hydrogens is 230 g/mol. The Morgan fingerprint density at radius 3 is 2.44 bits per heavy atom. The van der Waals surface area contributed by atoms with E-state index in [-0.39, 0.29) is 12.0 Å². The van der Waals surface area contributed by atoms with Crippen LogP contribution in [0.3, 0.4) is 0 Å². The van der Waals surface area contributed by atoms with Gasteiger partial charge < -0.3 is 14.8 Å². The maximum absolute atomic E-state index is 11.4. The minimum Gasteiger partial charge on any atom is -0.494 e. The Balaban J connectivity index is 2.59. The molecule has 0 saturated carbocycles. The summed E-state index contributed by atoms with van der Waals surface area (Å²) in [4.78, 5) is 11.4. The highest BCUT2D eigenvalue weighted by Crippen LogP contribution is 2.17. The summed E-state index contributed by atoms with van der Waals surface area (Å²) in [5.74, 6) is 0.595. The Bertz CT molecular complexity index is 362. The molecule has 0 radical (unpaired) electrons. The molecule has 1 atom stereocenters. The van der Waals surface area contributed by atoms with Crippen molar-refractivity contribution in [1.82, 2.24) is 0 Å². The third kappa shape index (κ3) is 4.28. The third-order valence-corrected chi connectivity index (χ3v) is 2.56. The molecule has 1 aromatic rings. The van der Waals surface area contributed by atoms with E-state index >= 15 is 0 Å². The lowest BCUT2D eigenvalue weighted by atomic mass is 10.2. The number of carbonyl (C=O) groups is 1. The zero-order valence-electron chi connectivity index (χ0n) is 11.2. The molecule has 0 aliphatic carbocycles. The summed E-state index contributed by atoms with van der Waals surface area (Å²) in [5.41, 5.74) is 0.885. The van der Waals surface area contributed by atoms with Gasteiger partial charge >= 0.3 is 5.97 Å². The van der Waals surface area contributed by atoms with Crippen molar-refractivity contribution in [2.45, 2.75) is 32.7 Å². The molecule has 0 bridgehead atoms. The van der Waals surface area contributed by atoms with Crippen molar-refractivity contribution in [3.05, 3.63) is 24.3 Å². The first-order valence-corrected chi connectivity index (χ1v) is 6.28. The number of methoxy groups -OCH3 is 1. The average molecular weight is 251 g/mol. The number of nitrogens with one attached hydrogen (secondary N) is 1. The summed E-state index contributed by atoms with van der Waals surface area (Å²) in [6.45, 7) is 4.72. The van der Waals surface area contributed by atoms with Crippen LogP contribution in [0, 0.1) is 0 Å². The number of hydrogen-bond acceptors (Lipinski definition) is 4. The molecule has 0 fully saturated rings. The monoisotopic (exact) mass is 251 g/mol. The molecule has 1 aromatic carbocycles. The Hall–Kier alpha value is -1.71. The highest BCUT2D eigenvalue weighted by molar-refractivity contribution is 5.79. The van der Waals surface area contributed by atoms with E-state index in [1.807, 2.05) is 31.2 Å². The van der Waals surface area contributed by atoms with E-state index in [4.69, 9.17) is 9.47 Å².